The molecule has 2 aromatic carbocycles. The van der Waals surface area contributed by atoms with Gasteiger partial charge in [-0.05, 0) is 40.2 Å². The van der Waals surface area contributed by atoms with Crippen molar-refractivity contribution in [3.8, 4) is 23.0 Å². The number of hydrogen-bond acceptors (Lipinski definition) is 6. The molecule has 0 aliphatic heterocycles. The number of nitrogens with zero attached hydrogens (tertiary/aromatic N) is 1. The van der Waals surface area contributed by atoms with E-state index in [1.54, 1.807) is 12.1 Å². The molecule has 0 fully saturated rings. The van der Waals surface area contributed by atoms with E-state index in [4.69, 9.17) is 14.2 Å². The maximum absolute atomic E-state index is 11.3. The molecule has 0 amide bonds. The molecule has 0 aliphatic rings. The van der Waals surface area contributed by atoms with E-state index in [-0.39, 0.29) is 22.9 Å². The fraction of sp³-hybridized carbons (Fsp3) is 0.133. The lowest BCUT2D eigenvalue weighted by atomic mass is 10.2. The standard InChI is InChI=1S/C15H12BrNO6/c1-21-11-4-3-5-12(15(11)17(19)20)23-14-6-9(8-18)10(16)7-13(14)22-2/h3-8H,1-2H3. The predicted octanol–water partition coefficient (Wildman–Crippen LogP) is 3.98. The van der Waals surface area contributed by atoms with Crippen molar-refractivity contribution < 1.29 is 23.9 Å². The number of halogens is 1. The molecule has 0 aromatic heterocycles. The van der Waals surface area contributed by atoms with Crippen LogP contribution in [0.1, 0.15) is 10.4 Å². The SMILES string of the molecule is COc1cc(Br)c(C=O)cc1Oc1cccc(OC)c1[N+](=O)[O-]. The average molecular weight is 382 g/mol. The van der Waals surface area contributed by atoms with Gasteiger partial charge in [-0.3, -0.25) is 14.9 Å². The zero-order valence-corrected chi connectivity index (χ0v) is 13.8. The first-order valence-corrected chi connectivity index (χ1v) is 7.13. The van der Waals surface area contributed by atoms with Gasteiger partial charge in [0.25, 0.3) is 0 Å². The van der Waals surface area contributed by atoms with Crippen molar-refractivity contribution in [3.63, 3.8) is 0 Å². The third kappa shape index (κ3) is 3.42. The summed E-state index contributed by atoms with van der Waals surface area (Å²) < 4.78 is 16.3. The second-order valence-electron chi connectivity index (χ2n) is 4.31. The van der Waals surface area contributed by atoms with Crippen molar-refractivity contribution in [3.05, 3.63) is 50.5 Å². The van der Waals surface area contributed by atoms with Crippen LogP contribution < -0.4 is 14.2 Å². The minimum Gasteiger partial charge on any atom is -0.493 e. The third-order valence-corrected chi connectivity index (χ3v) is 3.68. The van der Waals surface area contributed by atoms with Crippen molar-refractivity contribution in [2.75, 3.05) is 14.2 Å². The molecule has 2 rings (SSSR count). The summed E-state index contributed by atoms with van der Waals surface area (Å²) in [6.45, 7) is 0. The zero-order chi connectivity index (χ0) is 17.0. The van der Waals surface area contributed by atoms with Gasteiger partial charge in [0, 0.05) is 10.0 Å². The minimum absolute atomic E-state index is 0.0215. The largest absolute Gasteiger partial charge is 0.493 e. The van der Waals surface area contributed by atoms with Crippen LogP contribution in [0.4, 0.5) is 5.69 Å². The van der Waals surface area contributed by atoms with Gasteiger partial charge in [0.1, 0.15) is 0 Å². The molecule has 0 heterocycles. The number of carbonyl (C=O) groups excluding carboxylic acids is 1. The Bertz CT molecular complexity index is 762. The maximum atomic E-state index is 11.3. The van der Waals surface area contributed by atoms with Gasteiger partial charge in [0.15, 0.2) is 17.8 Å². The highest BCUT2D eigenvalue weighted by Gasteiger charge is 2.23. The summed E-state index contributed by atoms with van der Waals surface area (Å²) in [5, 5.41) is 11.3. The molecule has 8 heteroatoms. The second-order valence-corrected chi connectivity index (χ2v) is 5.16. The molecule has 0 atom stereocenters. The molecule has 23 heavy (non-hydrogen) atoms. The average Bonchev–Trinajstić information content (AvgIpc) is 2.55. The molecule has 2 aromatic rings. The van der Waals surface area contributed by atoms with Crippen LogP contribution in [0, 0.1) is 10.1 Å². The van der Waals surface area contributed by atoms with Crippen LogP contribution in [0.5, 0.6) is 23.0 Å². The quantitative estimate of drug-likeness (QED) is 0.427. The van der Waals surface area contributed by atoms with Crippen molar-refractivity contribution in [2.45, 2.75) is 0 Å². The molecule has 0 saturated heterocycles. The van der Waals surface area contributed by atoms with E-state index in [2.05, 4.69) is 15.9 Å². The van der Waals surface area contributed by atoms with Gasteiger partial charge < -0.3 is 14.2 Å². The number of rotatable bonds is 6. The maximum Gasteiger partial charge on any atom is 0.352 e. The van der Waals surface area contributed by atoms with Crippen LogP contribution in [0.25, 0.3) is 0 Å². The summed E-state index contributed by atoms with van der Waals surface area (Å²) in [7, 11) is 2.76. The molecular weight excluding hydrogens is 370 g/mol. The van der Waals surface area contributed by atoms with Crippen LogP contribution in [0.15, 0.2) is 34.8 Å². The second kappa shape index (κ2) is 7.10. The highest BCUT2D eigenvalue weighted by Crippen LogP contribution is 2.42. The van der Waals surface area contributed by atoms with E-state index >= 15 is 0 Å². The van der Waals surface area contributed by atoms with Gasteiger partial charge in [-0.1, -0.05) is 6.07 Å². The Kier molecular flexibility index (Phi) is 5.17. The molecule has 120 valence electrons. The first kappa shape index (κ1) is 16.8. The van der Waals surface area contributed by atoms with Crippen molar-refractivity contribution in [1.29, 1.82) is 0 Å². The molecular formula is C15H12BrNO6. The topological polar surface area (TPSA) is 87.9 Å². The van der Waals surface area contributed by atoms with Gasteiger partial charge in [0.2, 0.25) is 11.5 Å². The van der Waals surface area contributed by atoms with Crippen molar-refractivity contribution >= 4 is 27.9 Å². The summed E-state index contributed by atoms with van der Waals surface area (Å²) >= 11 is 3.23. The monoisotopic (exact) mass is 381 g/mol. The number of methoxy groups -OCH3 is 2. The van der Waals surface area contributed by atoms with Gasteiger partial charge in [-0.2, -0.15) is 0 Å². The first-order chi connectivity index (χ1) is 11.0. The Labute approximate surface area is 140 Å². The number of benzene rings is 2. The van der Waals surface area contributed by atoms with E-state index in [1.165, 1.54) is 32.4 Å². The first-order valence-electron chi connectivity index (χ1n) is 6.33. The number of aldehydes is 1. The number of nitro benzene ring substituents is 1. The van der Waals surface area contributed by atoms with Crippen LogP contribution in [0.2, 0.25) is 0 Å². The van der Waals surface area contributed by atoms with Crippen LogP contribution in [-0.4, -0.2) is 25.4 Å². The Morgan fingerprint density at radius 1 is 1.09 bits per heavy atom. The number of carbonyl (C=O) groups is 1. The van der Waals surface area contributed by atoms with E-state index in [0.717, 1.165) is 0 Å². The number of ether oxygens (including phenoxy) is 3. The smallest absolute Gasteiger partial charge is 0.352 e. The number of hydrogen-bond donors (Lipinski definition) is 0. The van der Waals surface area contributed by atoms with Crippen molar-refractivity contribution in [1.82, 2.24) is 0 Å². The Balaban J connectivity index is 2.55. The molecule has 0 unspecified atom stereocenters. The molecule has 7 nitrogen and oxygen atoms in total. The lowest BCUT2D eigenvalue weighted by Gasteiger charge is -2.13. The molecule has 0 N–H and O–H groups in total. The fourth-order valence-corrected chi connectivity index (χ4v) is 2.34. The molecule has 0 bridgehead atoms. The lowest BCUT2D eigenvalue weighted by molar-refractivity contribution is -0.386. The van der Waals surface area contributed by atoms with E-state index < -0.39 is 4.92 Å². The normalized spacial score (nSPS) is 10.0. The van der Waals surface area contributed by atoms with E-state index in [0.29, 0.717) is 22.1 Å². The van der Waals surface area contributed by atoms with Crippen LogP contribution in [0.3, 0.4) is 0 Å². The van der Waals surface area contributed by atoms with E-state index in [9.17, 15) is 14.9 Å². The molecule has 0 spiro atoms. The molecule has 0 saturated carbocycles. The summed E-state index contributed by atoms with van der Waals surface area (Å²) in [5.41, 5.74) is 0.0129. The number of nitro groups is 1. The summed E-state index contributed by atoms with van der Waals surface area (Å²) in [4.78, 5) is 21.7. The van der Waals surface area contributed by atoms with Gasteiger partial charge in [0.05, 0.1) is 19.1 Å². The van der Waals surface area contributed by atoms with Gasteiger partial charge in [-0.15, -0.1) is 0 Å². The minimum atomic E-state index is -0.597. The Morgan fingerprint density at radius 3 is 2.30 bits per heavy atom. The predicted molar refractivity (Wildman–Crippen MR) is 85.8 cm³/mol. The molecule has 0 radical (unpaired) electrons. The zero-order valence-electron chi connectivity index (χ0n) is 12.2. The lowest BCUT2D eigenvalue weighted by Crippen LogP contribution is -1.99. The fourth-order valence-electron chi connectivity index (χ4n) is 1.93. The summed E-state index contributed by atoms with van der Waals surface area (Å²) in [6.07, 6.45) is 0.635. The summed E-state index contributed by atoms with van der Waals surface area (Å²) in [6, 6.07) is 7.43. The summed E-state index contributed by atoms with van der Waals surface area (Å²) in [5.74, 6) is 0.541. The Morgan fingerprint density at radius 2 is 1.74 bits per heavy atom. The van der Waals surface area contributed by atoms with Crippen molar-refractivity contribution in [2.24, 2.45) is 0 Å². The van der Waals surface area contributed by atoms with Gasteiger partial charge >= 0.3 is 5.69 Å². The van der Waals surface area contributed by atoms with Crippen LogP contribution >= 0.6 is 15.9 Å². The highest BCUT2D eigenvalue weighted by molar-refractivity contribution is 9.10. The Hall–Kier alpha value is -2.61. The van der Waals surface area contributed by atoms with Crippen LogP contribution in [-0.2, 0) is 0 Å². The molecule has 0 aliphatic carbocycles. The third-order valence-electron chi connectivity index (χ3n) is 2.99. The van der Waals surface area contributed by atoms with Gasteiger partial charge in [-0.25, -0.2) is 0 Å². The number of para-hydroxylation sites is 1. The van der Waals surface area contributed by atoms with E-state index in [1.807, 2.05) is 0 Å². The highest BCUT2D eigenvalue weighted by atomic mass is 79.9.